The van der Waals surface area contributed by atoms with Gasteiger partial charge in [-0.2, -0.15) is 0 Å². The van der Waals surface area contributed by atoms with Crippen molar-refractivity contribution in [1.29, 1.82) is 0 Å². The third-order valence-electron chi connectivity index (χ3n) is 1.47. The molecule has 1 aromatic carbocycles. The molecular formula is C8H10BN2O3. The predicted octanol–water partition coefficient (Wildman–Crippen LogP) is -1.92. The lowest BCUT2D eigenvalue weighted by Crippen LogP contribution is -2.27. The molecule has 1 radical (unpaired) electrons. The molecule has 1 aromatic heterocycles. The van der Waals surface area contributed by atoms with Crippen molar-refractivity contribution in [3.63, 3.8) is 0 Å². The molecule has 73 valence electrons. The Balaban J connectivity index is 0.000000845. The third kappa shape index (κ3) is 3.00. The summed E-state index contributed by atoms with van der Waals surface area (Å²) in [5.74, 6) is 0.529. The van der Waals surface area contributed by atoms with Gasteiger partial charge in [-0.15, -0.1) is 10.2 Å². The number of hydrogen-bond acceptors (Lipinski definition) is 3. The lowest BCUT2D eigenvalue weighted by Gasteiger charge is -1.91. The summed E-state index contributed by atoms with van der Waals surface area (Å²) >= 11 is 0. The van der Waals surface area contributed by atoms with Gasteiger partial charge in [-0.25, -0.2) is 0 Å². The molecule has 1 heterocycles. The number of rotatable bonds is 2. The highest BCUT2D eigenvalue weighted by atomic mass is 16.4. The highest BCUT2D eigenvalue weighted by Gasteiger charge is 2.02. The molecule has 0 saturated carbocycles. The minimum atomic E-state index is 0. The molecule has 0 bridgehead atoms. The van der Waals surface area contributed by atoms with Gasteiger partial charge < -0.3 is 15.4 Å². The second-order valence-corrected chi connectivity index (χ2v) is 2.33. The van der Waals surface area contributed by atoms with Gasteiger partial charge in [-0.1, -0.05) is 35.8 Å². The van der Waals surface area contributed by atoms with E-state index in [0.29, 0.717) is 5.79 Å². The quantitative estimate of drug-likeness (QED) is 0.519. The fourth-order valence-electron chi connectivity index (χ4n) is 0.936. The first-order valence-electron chi connectivity index (χ1n) is 3.61. The van der Waals surface area contributed by atoms with Gasteiger partial charge >= 0.3 is 0 Å². The van der Waals surface area contributed by atoms with E-state index >= 15 is 0 Å². The predicted molar refractivity (Wildman–Crippen MR) is 53.0 cm³/mol. The van der Waals surface area contributed by atoms with Crippen molar-refractivity contribution < 1.29 is 15.4 Å². The Morgan fingerprint density at radius 2 is 1.79 bits per heavy atom. The van der Waals surface area contributed by atoms with E-state index in [1.54, 1.807) is 0 Å². The van der Waals surface area contributed by atoms with Crippen LogP contribution in [0.4, 0.5) is 0 Å². The largest absolute Gasteiger partial charge is 0.438 e. The van der Waals surface area contributed by atoms with Crippen LogP contribution in [0.1, 0.15) is 0 Å². The summed E-state index contributed by atoms with van der Waals surface area (Å²) in [4.78, 5) is 0. The van der Waals surface area contributed by atoms with E-state index in [-0.39, 0.29) is 11.0 Å². The molecule has 0 amide bonds. The van der Waals surface area contributed by atoms with E-state index in [9.17, 15) is 0 Å². The van der Waals surface area contributed by atoms with E-state index in [1.165, 1.54) is 6.39 Å². The summed E-state index contributed by atoms with van der Waals surface area (Å²) in [5.41, 5.74) is 1.06. The molecule has 6 heteroatoms. The van der Waals surface area contributed by atoms with Crippen molar-refractivity contribution in [1.82, 2.24) is 10.2 Å². The van der Waals surface area contributed by atoms with Crippen molar-refractivity contribution in [3.8, 4) is 0 Å². The van der Waals surface area contributed by atoms with Gasteiger partial charge in [-0.05, 0) is 0 Å². The average molecular weight is 193 g/mol. The molecule has 5 nitrogen and oxygen atoms in total. The first kappa shape index (κ1) is 12.3. The second-order valence-electron chi connectivity index (χ2n) is 2.33. The number of aromatic nitrogens is 2. The van der Waals surface area contributed by atoms with Crippen LogP contribution in [0.25, 0.3) is 0 Å². The molecule has 0 unspecified atom stereocenters. The average Bonchev–Trinajstić information content (AvgIpc) is 2.59. The topological polar surface area (TPSA) is 102 Å². The number of hydrogen-bond donors (Lipinski definition) is 0. The van der Waals surface area contributed by atoms with E-state index in [1.807, 2.05) is 37.6 Å². The smallest absolute Gasteiger partial charge is 0.270 e. The Labute approximate surface area is 81.6 Å². The zero-order chi connectivity index (χ0) is 8.23. The van der Waals surface area contributed by atoms with Gasteiger partial charge in [-0.3, -0.25) is 0 Å². The van der Waals surface area contributed by atoms with Crippen molar-refractivity contribution >= 4 is 18.5 Å². The maximum absolute atomic E-state index is 4.96. The van der Waals surface area contributed by atoms with E-state index in [2.05, 4.69) is 10.2 Å². The molecule has 0 aliphatic carbocycles. The van der Waals surface area contributed by atoms with Crippen LogP contribution in [0.15, 0.2) is 41.1 Å². The van der Waals surface area contributed by atoms with Crippen LogP contribution < -0.4 is 11.3 Å². The van der Waals surface area contributed by atoms with Gasteiger partial charge in [0.05, 0.1) is 0 Å². The highest BCUT2D eigenvalue weighted by Crippen LogP contribution is 1.80. The van der Waals surface area contributed by atoms with Crippen LogP contribution in [-0.4, -0.2) is 28.4 Å². The van der Waals surface area contributed by atoms with Gasteiger partial charge in [0.15, 0.2) is 5.79 Å². The fraction of sp³-hybridized carbons (Fsp3) is 0. The molecule has 0 fully saturated rings. The molecular weight excluding hydrogens is 183 g/mol. The minimum absolute atomic E-state index is 0. The summed E-state index contributed by atoms with van der Waals surface area (Å²) in [5, 5.41) is 7.31. The summed E-state index contributed by atoms with van der Waals surface area (Å²) in [6.07, 6.45) is 1.31. The van der Waals surface area contributed by atoms with Gasteiger partial charge in [0.2, 0.25) is 6.39 Å². The SMILES string of the molecule is O.O.[B](c1ccccc1)c1nnco1. The second kappa shape index (κ2) is 5.90. The highest BCUT2D eigenvalue weighted by molar-refractivity contribution is 6.65. The molecule has 0 saturated heterocycles. The van der Waals surface area contributed by atoms with Crippen LogP contribution >= 0.6 is 0 Å². The van der Waals surface area contributed by atoms with Crippen molar-refractivity contribution in [2.75, 3.05) is 0 Å². The van der Waals surface area contributed by atoms with Crippen LogP contribution in [-0.2, 0) is 0 Å². The zero-order valence-corrected chi connectivity index (χ0v) is 7.34. The van der Waals surface area contributed by atoms with Crippen LogP contribution in [0, 0.1) is 0 Å². The van der Waals surface area contributed by atoms with Crippen molar-refractivity contribution in [2.45, 2.75) is 0 Å². The standard InChI is InChI=1S/C8H6BN2O.2H2O/c1-2-4-7(5-3-1)9-8-11-10-6-12-8;;/h1-6H;2*1H2. The molecule has 0 aliphatic rings. The lowest BCUT2D eigenvalue weighted by molar-refractivity contribution is 0.587. The van der Waals surface area contributed by atoms with Crippen LogP contribution in [0.3, 0.4) is 0 Å². The summed E-state index contributed by atoms with van der Waals surface area (Å²) in [6.45, 7) is 0. The monoisotopic (exact) mass is 193 g/mol. The normalized spacial score (nSPS) is 8.29. The Bertz CT molecular complexity index is 339. The first-order valence-corrected chi connectivity index (χ1v) is 3.61. The Morgan fingerprint density at radius 3 is 2.36 bits per heavy atom. The lowest BCUT2D eigenvalue weighted by atomic mass is 9.70. The molecule has 14 heavy (non-hydrogen) atoms. The molecule has 4 N–H and O–H groups in total. The Morgan fingerprint density at radius 1 is 1.07 bits per heavy atom. The molecule has 0 atom stereocenters. The maximum atomic E-state index is 4.96. The summed E-state index contributed by atoms with van der Waals surface area (Å²) < 4.78 is 4.96. The summed E-state index contributed by atoms with van der Waals surface area (Å²) in [7, 11) is 1.83. The van der Waals surface area contributed by atoms with Crippen molar-refractivity contribution in [3.05, 3.63) is 36.7 Å². The van der Waals surface area contributed by atoms with Crippen molar-refractivity contribution in [2.24, 2.45) is 0 Å². The maximum Gasteiger partial charge on any atom is 0.270 e. The molecule has 0 aliphatic heterocycles. The Kier molecular flexibility index (Phi) is 5.20. The Hall–Kier alpha value is -1.66. The van der Waals surface area contributed by atoms with Crippen LogP contribution in [0.2, 0.25) is 0 Å². The third-order valence-corrected chi connectivity index (χ3v) is 1.47. The first-order chi connectivity index (χ1) is 5.95. The van der Waals surface area contributed by atoms with Crippen LogP contribution in [0.5, 0.6) is 0 Å². The number of benzene rings is 1. The summed E-state index contributed by atoms with van der Waals surface area (Å²) in [6, 6.07) is 9.84. The molecule has 0 spiro atoms. The van der Waals surface area contributed by atoms with E-state index < -0.39 is 0 Å². The minimum Gasteiger partial charge on any atom is -0.438 e. The zero-order valence-electron chi connectivity index (χ0n) is 7.34. The number of nitrogens with zero attached hydrogens (tertiary/aromatic N) is 2. The fourth-order valence-corrected chi connectivity index (χ4v) is 0.936. The molecule has 2 aromatic rings. The van der Waals surface area contributed by atoms with E-state index in [4.69, 9.17) is 4.42 Å². The van der Waals surface area contributed by atoms with E-state index in [0.717, 1.165) is 5.46 Å². The van der Waals surface area contributed by atoms with Gasteiger partial charge in [0.1, 0.15) is 0 Å². The molecule has 2 rings (SSSR count). The van der Waals surface area contributed by atoms with Gasteiger partial charge in [0, 0.05) is 0 Å². The van der Waals surface area contributed by atoms with Gasteiger partial charge in [0.25, 0.3) is 7.28 Å².